The van der Waals surface area contributed by atoms with Crippen LogP contribution in [0.5, 0.6) is 11.5 Å². The van der Waals surface area contributed by atoms with Crippen LogP contribution in [0.25, 0.3) is 0 Å². The largest absolute Gasteiger partial charge is 0.490 e. The molecule has 0 aromatic heterocycles. The first-order valence-electron chi connectivity index (χ1n) is 11.0. The topological polar surface area (TPSA) is 89.0 Å². The second-order valence-corrected chi connectivity index (χ2v) is 8.56. The van der Waals surface area contributed by atoms with Crippen LogP contribution in [-0.4, -0.2) is 24.6 Å². The lowest BCUT2D eigenvalue weighted by Gasteiger charge is -2.15. The maximum absolute atomic E-state index is 12.6. The fourth-order valence-electron chi connectivity index (χ4n) is 3.13. The van der Waals surface area contributed by atoms with Crippen molar-refractivity contribution in [3.05, 3.63) is 87.4 Å². The minimum absolute atomic E-state index is 0.0312. The number of benzene rings is 3. The number of aryl methyl sites for hydroxylation is 1. The van der Waals surface area contributed by atoms with Gasteiger partial charge in [0.1, 0.15) is 6.61 Å². The van der Waals surface area contributed by atoms with Gasteiger partial charge in [0.25, 0.3) is 0 Å². The number of hydrogen-bond donors (Lipinski definition) is 2. The van der Waals surface area contributed by atoms with Crippen molar-refractivity contribution in [2.24, 2.45) is 5.10 Å². The number of nitrogens with one attached hydrogen (secondary N) is 2. The van der Waals surface area contributed by atoms with Gasteiger partial charge < -0.3 is 14.8 Å². The van der Waals surface area contributed by atoms with Gasteiger partial charge in [-0.25, -0.2) is 5.43 Å². The molecule has 0 heterocycles. The van der Waals surface area contributed by atoms with Crippen LogP contribution in [0.4, 0.5) is 18.9 Å². The SMILES string of the molecule is CCOc1cc(/C=N/NC(=O)C(=O)Nc2ccc(C(F)(F)F)cc2)cc(Br)c1OCc1ccccc1C. The molecule has 37 heavy (non-hydrogen) atoms. The van der Waals surface area contributed by atoms with Crippen LogP contribution in [0.1, 0.15) is 29.2 Å². The number of anilines is 1. The Bertz CT molecular complexity index is 1300. The molecule has 0 atom stereocenters. The van der Waals surface area contributed by atoms with Gasteiger partial charge in [-0.1, -0.05) is 24.3 Å². The van der Waals surface area contributed by atoms with E-state index in [2.05, 4.69) is 31.8 Å². The summed E-state index contributed by atoms with van der Waals surface area (Å²) < 4.78 is 50.2. The number of carbonyl (C=O) groups excluding carboxylic acids is 2. The summed E-state index contributed by atoms with van der Waals surface area (Å²) in [6.07, 6.45) is -3.20. The molecule has 0 fully saturated rings. The number of hydrazone groups is 1. The molecule has 0 radical (unpaired) electrons. The van der Waals surface area contributed by atoms with Gasteiger partial charge in [-0.15, -0.1) is 0 Å². The van der Waals surface area contributed by atoms with Gasteiger partial charge in [0.2, 0.25) is 0 Å². The molecule has 0 aliphatic heterocycles. The first-order valence-corrected chi connectivity index (χ1v) is 11.8. The number of ether oxygens (including phenoxy) is 2. The average Bonchev–Trinajstić information content (AvgIpc) is 2.84. The highest BCUT2D eigenvalue weighted by atomic mass is 79.9. The number of amides is 2. The van der Waals surface area contributed by atoms with Gasteiger partial charge in [-0.3, -0.25) is 9.59 Å². The Morgan fingerprint density at radius 3 is 2.38 bits per heavy atom. The van der Waals surface area contributed by atoms with Gasteiger partial charge >= 0.3 is 18.0 Å². The molecular formula is C26H23BrF3N3O4. The zero-order chi connectivity index (χ0) is 27.0. The predicted octanol–water partition coefficient (Wildman–Crippen LogP) is 5.84. The van der Waals surface area contributed by atoms with E-state index in [9.17, 15) is 22.8 Å². The molecule has 0 spiro atoms. The molecule has 0 bridgehead atoms. The van der Waals surface area contributed by atoms with Gasteiger partial charge in [0.05, 0.1) is 22.9 Å². The highest BCUT2D eigenvalue weighted by Crippen LogP contribution is 2.37. The highest BCUT2D eigenvalue weighted by Gasteiger charge is 2.30. The van der Waals surface area contributed by atoms with Gasteiger partial charge in [-0.05, 0) is 82.9 Å². The lowest BCUT2D eigenvalue weighted by atomic mass is 10.1. The summed E-state index contributed by atoms with van der Waals surface area (Å²) in [5.74, 6) is -1.23. The van der Waals surface area contributed by atoms with Gasteiger partial charge in [0.15, 0.2) is 11.5 Å². The van der Waals surface area contributed by atoms with Crippen molar-refractivity contribution < 1.29 is 32.2 Å². The number of rotatable bonds is 8. The first kappa shape index (κ1) is 27.7. The molecule has 3 aromatic rings. The molecule has 0 saturated carbocycles. The van der Waals surface area contributed by atoms with Crippen molar-refractivity contribution in [3.63, 3.8) is 0 Å². The van der Waals surface area contributed by atoms with Crippen LogP contribution in [0.15, 0.2) is 70.2 Å². The van der Waals surface area contributed by atoms with Crippen LogP contribution in [0, 0.1) is 6.92 Å². The molecule has 194 valence electrons. The zero-order valence-electron chi connectivity index (χ0n) is 19.9. The number of alkyl halides is 3. The summed E-state index contributed by atoms with van der Waals surface area (Å²) >= 11 is 3.47. The molecule has 0 aliphatic carbocycles. The van der Waals surface area contributed by atoms with E-state index >= 15 is 0 Å². The molecule has 3 aromatic carbocycles. The first-order chi connectivity index (χ1) is 17.6. The lowest BCUT2D eigenvalue weighted by molar-refractivity contribution is -0.137. The van der Waals surface area contributed by atoms with Crippen molar-refractivity contribution in [3.8, 4) is 11.5 Å². The van der Waals surface area contributed by atoms with Crippen LogP contribution in [0.3, 0.4) is 0 Å². The van der Waals surface area contributed by atoms with Crippen molar-refractivity contribution in [1.29, 1.82) is 0 Å². The zero-order valence-corrected chi connectivity index (χ0v) is 21.4. The molecular weight excluding hydrogens is 555 g/mol. The highest BCUT2D eigenvalue weighted by molar-refractivity contribution is 9.10. The molecule has 2 amide bonds. The third-order valence-electron chi connectivity index (χ3n) is 5.02. The van der Waals surface area contributed by atoms with E-state index in [1.807, 2.05) is 38.1 Å². The molecule has 0 aliphatic rings. The van der Waals surface area contributed by atoms with E-state index in [-0.39, 0.29) is 5.69 Å². The molecule has 7 nitrogen and oxygen atoms in total. The maximum Gasteiger partial charge on any atom is 0.416 e. The number of nitrogens with zero attached hydrogens (tertiary/aromatic N) is 1. The van der Waals surface area contributed by atoms with Crippen LogP contribution >= 0.6 is 15.9 Å². The van der Waals surface area contributed by atoms with Crippen molar-refractivity contribution in [2.45, 2.75) is 26.6 Å². The van der Waals surface area contributed by atoms with Gasteiger partial charge in [0, 0.05) is 5.69 Å². The van der Waals surface area contributed by atoms with E-state index in [0.29, 0.717) is 34.7 Å². The Labute approximate surface area is 219 Å². The number of carbonyl (C=O) groups is 2. The molecule has 11 heteroatoms. The van der Waals surface area contributed by atoms with Crippen molar-refractivity contribution in [1.82, 2.24) is 5.43 Å². The standard InChI is InChI=1S/C26H23BrF3N3O4/c1-3-36-22-13-17(12-21(27)23(22)37-15-18-7-5-4-6-16(18)2)14-31-33-25(35)24(34)32-20-10-8-19(9-11-20)26(28,29)30/h4-14H,3,15H2,1-2H3,(H,32,34)(H,33,35)/b31-14+. The molecule has 0 unspecified atom stereocenters. The minimum Gasteiger partial charge on any atom is -0.490 e. The fourth-order valence-corrected chi connectivity index (χ4v) is 3.71. The van der Waals surface area contributed by atoms with E-state index in [0.717, 1.165) is 35.4 Å². The normalized spacial score (nSPS) is 11.3. The maximum atomic E-state index is 12.6. The Kier molecular flexibility index (Phi) is 9.29. The summed E-state index contributed by atoms with van der Waals surface area (Å²) in [5, 5.41) is 5.98. The molecule has 2 N–H and O–H groups in total. The van der Waals surface area contributed by atoms with Crippen molar-refractivity contribution in [2.75, 3.05) is 11.9 Å². The second-order valence-electron chi connectivity index (χ2n) is 7.71. The van der Waals surface area contributed by atoms with E-state index in [4.69, 9.17) is 9.47 Å². The monoisotopic (exact) mass is 577 g/mol. The minimum atomic E-state index is -4.50. The predicted molar refractivity (Wildman–Crippen MR) is 137 cm³/mol. The quantitative estimate of drug-likeness (QED) is 0.200. The third-order valence-corrected chi connectivity index (χ3v) is 5.61. The average molecular weight is 578 g/mol. The lowest BCUT2D eigenvalue weighted by Crippen LogP contribution is -2.32. The molecule has 3 rings (SSSR count). The Balaban J connectivity index is 1.63. The number of halogens is 4. The Morgan fingerprint density at radius 1 is 1.03 bits per heavy atom. The number of hydrogen-bond acceptors (Lipinski definition) is 5. The summed E-state index contributed by atoms with van der Waals surface area (Å²) in [7, 11) is 0. The van der Waals surface area contributed by atoms with E-state index in [1.54, 1.807) is 12.1 Å². The van der Waals surface area contributed by atoms with E-state index in [1.165, 1.54) is 6.21 Å². The third kappa shape index (κ3) is 7.81. The van der Waals surface area contributed by atoms with Crippen LogP contribution in [0.2, 0.25) is 0 Å². The van der Waals surface area contributed by atoms with E-state index < -0.39 is 23.6 Å². The van der Waals surface area contributed by atoms with Crippen LogP contribution in [-0.2, 0) is 22.4 Å². The van der Waals surface area contributed by atoms with Crippen LogP contribution < -0.4 is 20.2 Å². The van der Waals surface area contributed by atoms with Crippen molar-refractivity contribution >= 4 is 39.6 Å². The summed E-state index contributed by atoms with van der Waals surface area (Å²) in [6.45, 7) is 4.54. The molecule has 0 saturated heterocycles. The second kappa shape index (κ2) is 12.4. The fraction of sp³-hybridized carbons (Fsp3) is 0.192. The Hall–Kier alpha value is -3.86. The summed E-state index contributed by atoms with van der Waals surface area (Å²) in [5.41, 5.74) is 3.90. The Morgan fingerprint density at radius 2 is 1.73 bits per heavy atom. The summed E-state index contributed by atoms with van der Waals surface area (Å²) in [6, 6.07) is 14.9. The smallest absolute Gasteiger partial charge is 0.416 e. The van der Waals surface area contributed by atoms with Gasteiger partial charge in [-0.2, -0.15) is 18.3 Å². The summed E-state index contributed by atoms with van der Waals surface area (Å²) in [4.78, 5) is 24.1.